The van der Waals surface area contributed by atoms with E-state index in [1.807, 2.05) is 36.4 Å². The Kier molecular flexibility index (Phi) is 15.3. The summed E-state index contributed by atoms with van der Waals surface area (Å²) in [5.41, 5.74) is 12.6. The van der Waals surface area contributed by atoms with Crippen LogP contribution in [0.4, 0.5) is 5.82 Å². The fourth-order valence-corrected chi connectivity index (χ4v) is 7.94. The molecule has 2 saturated heterocycles. The number of imidazole rings is 1. The lowest BCUT2D eigenvalue weighted by atomic mass is 10.0. The fourth-order valence-electron chi connectivity index (χ4n) is 7.94. The molecule has 0 saturated carbocycles. The highest BCUT2D eigenvalue weighted by molar-refractivity contribution is 6.00. The van der Waals surface area contributed by atoms with Gasteiger partial charge in [0.15, 0.2) is 5.82 Å². The van der Waals surface area contributed by atoms with Crippen molar-refractivity contribution in [3.63, 3.8) is 0 Å². The van der Waals surface area contributed by atoms with Crippen molar-refractivity contribution in [2.24, 2.45) is 7.05 Å². The number of para-hydroxylation sites is 2. The van der Waals surface area contributed by atoms with Crippen molar-refractivity contribution in [2.75, 3.05) is 91.3 Å². The molecule has 2 fully saturated rings. The number of carbonyl (C=O) groups is 2. The highest BCUT2D eigenvalue weighted by atomic mass is 16.6. The Balaban J connectivity index is 0.694. The van der Waals surface area contributed by atoms with Crippen LogP contribution in [0.5, 0.6) is 5.75 Å². The number of phenols is 1. The largest absolute Gasteiger partial charge is 0.507 e. The minimum Gasteiger partial charge on any atom is -0.507 e. The first-order valence-corrected chi connectivity index (χ1v) is 21.1. The molecule has 5 aromatic rings. The van der Waals surface area contributed by atoms with Crippen molar-refractivity contribution in [1.29, 1.82) is 0 Å². The molecule has 2 aliphatic rings. The number of hydrogen-bond donors (Lipinski definition) is 3. The highest BCUT2D eigenvalue weighted by Gasteiger charge is 2.31. The standard InChI is InChI=1S/C45H56N8O8/c1-50-42-34(6-4-9-38(42)53(45(50)57)39-15-16-41(55)47-44(39)56)7-5-22-58-24-26-60-28-29-61-27-25-59-23-21-51-17-19-52(20-18-51)31-32-11-13-33(14-12-32)36-30-37(48-49-43(36)46)35-8-2-3-10-40(35)54/h2-4,6,8-14,30,39,54H,5,7,15-29,31H2,1H3,(H2,46,49)(H,47,55,56). The number of aryl methyl sites for hydroxylation is 2. The van der Waals surface area contributed by atoms with E-state index in [9.17, 15) is 19.5 Å². The monoisotopic (exact) mass is 836 g/mol. The Hall–Kier alpha value is -5.49. The Bertz CT molecular complexity index is 2300. The number of ether oxygens (including phenoxy) is 4. The number of benzene rings is 3. The number of aromatic hydroxyl groups is 1. The number of aromatic nitrogens is 4. The van der Waals surface area contributed by atoms with E-state index < -0.39 is 11.9 Å². The number of nitrogens with two attached hydrogens (primary N) is 1. The van der Waals surface area contributed by atoms with Gasteiger partial charge in [-0.3, -0.25) is 33.8 Å². The van der Waals surface area contributed by atoms with Crippen LogP contribution in [-0.2, 0) is 48.5 Å². The van der Waals surface area contributed by atoms with Gasteiger partial charge < -0.3 is 29.8 Å². The topological polar surface area (TPSA) is 189 Å². The fraction of sp³-hybridized carbons (Fsp3) is 0.444. The number of fused-ring (bicyclic) bond motifs is 1. The van der Waals surface area contributed by atoms with Crippen LogP contribution >= 0.6 is 0 Å². The van der Waals surface area contributed by atoms with Crippen molar-refractivity contribution >= 4 is 28.7 Å². The van der Waals surface area contributed by atoms with Crippen molar-refractivity contribution in [1.82, 2.24) is 34.4 Å². The normalized spacial score (nSPS) is 16.4. The zero-order valence-electron chi connectivity index (χ0n) is 34.8. The zero-order valence-corrected chi connectivity index (χ0v) is 34.8. The molecule has 0 spiro atoms. The highest BCUT2D eigenvalue weighted by Crippen LogP contribution is 2.32. The van der Waals surface area contributed by atoms with E-state index >= 15 is 0 Å². The van der Waals surface area contributed by atoms with Crippen LogP contribution in [0.1, 0.15) is 36.4 Å². The number of imide groups is 1. The van der Waals surface area contributed by atoms with E-state index in [1.165, 1.54) is 10.1 Å². The van der Waals surface area contributed by atoms with Gasteiger partial charge in [-0.2, -0.15) is 0 Å². The molecule has 61 heavy (non-hydrogen) atoms. The molecule has 2 aromatic heterocycles. The lowest BCUT2D eigenvalue weighted by Gasteiger charge is -2.34. The summed E-state index contributed by atoms with van der Waals surface area (Å²) in [4.78, 5) is 42.2. The zero-order chi connectivity index (χ0) is 42.6. The number of carbonyl (C=O) groups excluding carboxylic acids is 2. The number of nitrogens with zero attached hydrogens (tertiary/aromatic N) is 6. The molecule has 324 valence electrons. The van der Waals surface area contributed by atoms with Crippen molar-refractivity contribution in [3.8, 4) is 28.1 Å². The minimum absolute atomic E-state index is 0.150. The van der Waals surface area contributed by atoms with Gasteiger partial charge in [0.1, 0.15) is 11.8 Å². The lowest BCUT2D eigenvalue weighted by molar-refractivity contribution is -0.135. The molecular formula is C45H56N8O8. The van der Waals surface area contributed by atoms with Crippen molar-refractivity contribution < 1.29 is 33.6 Å². The quantitative estimate of drug-likeness (QED) is 0.0720. The van der Waals surface area contributed by atoms with Crippen LogP contribution in [0.15, 0.2) is 77.6 Å². The molecule has 2 amide bonds. The Labute approximate surface area is 355 Å². The van der Waals surface area contributed by atoms with E-state index in [1.54, 1.807) is 23.7 Å². The van der Waals surface area contributed by atoms with Gasteiger partial charge in [0.25, 0.3) is 0 Å². The first-order valence-electron chi connectivity index (χ1n) is 21.1. The van der Waals surface area contributed by atoms with Crippen molar-refractivity contribution in [2.45, 2.75) is 38.3 Å². The summed E-state index contributed by atoms with van der Waals surface area (Å²) in [6, 6.07) is 22.4. The molecule has 16 heteroatoms. The van der Waals surface area contributed by atoms with Crippen LogP contribution in [0.2, 0.25) is 0 Å². The number of rotatable bonds is 21. The second-order valence-corrected chi connectivity index (χ2v) is 15.4. The summed E-state index contributed by atoms with van der Waals surface area (Å²) in [6.07, 6.45) is 1.99. The number of nitrogens with one attached hydrogen (secondary N) is 1. The van der Waals surface area contributed by atoms with Crippen molar-refractivity contribution in [3.05, 3.63) is 94.4 Å². The Morgan fingerprint density at radius 1 is 0.770 bits per heavy atom. The number of amides is 2. The van der Waals surface area contributed by atoms with Crippen LogP contribution in [0.3, 0.4) is 0 Å². The number of piperidine rings is 1. The molecule has 16 nitrogen and oxygen atoms in total. The van der Waals surface area contributed by atoms with E-state index in [4.69, 9.17) is 24.7 Å². The van der Waals surface area contributed by atoms with E-state index in [2.05, 4.69) is 49.6 Å². The van der Waals surface area contributed by atoms with Gasteiger partial charge in [-0.1, -0.05) is 48.5 Å². The van der Waals surface area contributed by atoms with Crippen LogP contribution in [0.25, 0.3) is 33.4 Å². The average molecular weight is 837 g/mol. The number of piperazine rings is 1. The van der Waals surface area contributed by atoms with Gasteiger partial charge >= 0.3 is 5.69 Å². The van der Waals surface area contributed by atoms with Gasteiger partial charge in [0, 0.05) is 70.5 Å². The summed E-state index contributed by atoms with van der Waals surface area (Å²) in [5, 5.41) is 21.0. The minimum atomic E-state index is -0.700. The van der Waals surface area contributed by atoms with Crippen LogP contribution in [-0.4, -0.2) is 132 Å². The summed E-state index contributed by atoms with van der Waals surface area (Å²) >= 11 is 0. The maximum absolute atomic E-state index is 13.1. The lowest BCUT2D eigenvalue weighted by Crippen LogP contribution is -2.46. The van der Waals surface area contributed by atoms with Gasteiger partial charge in [0.05, 0.1) is 63.0 Å². The molecular weight excluding hydrogens is 781 g/mol. The number of hydrogen-bond acceptors (Lipinski definition) is 13. The Morgan fingerprint density at radius 3 is 2.15 bits per heavy atom. The molecule has 4 N–H and O–H groups in total. The molecule has 0 aliphatic carbocycles. The van der Waals surface area contributed by atoms with E-state index in [0.29, 0.717) is 88.3 Å². The SMILES string of the molecule is Cn1c(=O)n(C2CCC(=O)NC2=O)c2cccc(CCCOCCOCCOCCOCCN3CCN(Cc4ccc(-c5cc(-c6ccccc6O)nnc5N)cc4)CC3)c21. The molecule has 1 atom stereocenters. The molecule has 3 aromatic carbocycles. The predicted octanol–water partition coefficient (Wildman–Crippen LogP) is 3.55. The second-order valence-electron chi connectivity index (χ2n) is 15.4. The number of anilines is 1. The van der Waals surface area contributed by atoms with Gasteiger partial charge in [-0.25, -0.2) is 4.79 Å². The first kappa shape index (κ1) is 43.6. The average Bonchev–Trinajstić information content (AvgIpc) is 3.52. The summed E-state index contributed by atoms with van der Waals surface area (Å²) in [7, 11) is 1.71. The van der Waals surface area contributed by atoms with Crippen LogP contribution < -0.4 is 16.7 Å². The molecule has 2 aliphatic heterocycles. The maximum atomic E-state index is 13.1. The smallest absolute Gasteiger partial charge is 0.329 e. The number of phenolic OH excluding ortho intramolecular Hbond substituents is 1. The molecule has 4 heterocycles. The van der Waals surface area contributed by atoms with Gasteiger partial charge in [-0.15, -0.1) is 10.2 Å². The van der Waals surface area contributed by atoms with Gasteiger partial charge in [-0.05, 0) is 60.2 Å². The second kappa shape index (κ2) is 21.3. The number of nitrogen functional groups attached to an aromatic ring is 1. The third-order valence-electron chi connectivity index (χ3n) is 11.2. The molecule has 1 unspecified atom stereocenters. The molecule has 0 bridgehead atoms. The summed E-state index contributed by atoms with van der Waals surface area (Å²) in [5.74, 6) is -0.246. The van der Waals surface area contributed by atoms with E-state index in [-0.39, 0.29) is 23.8 Å². The summed E-state index contributed by atoms with van der Waals surface area (Å²) < 4.78 is 26.0. The van der Waals surface area contributed by atoms with Crippen LogP contribution in [0, 0.1) is 0 Å². The van der Waals surface area contributed by atoms with E-state index in [0.717, 1.165) is 67.9 Å². The summed E-state index contributed by atoms with van der Waals surface area (Å²) in [6.45, 7) is 9.94. The predicted molar refractivity (Wildman–Crippen MR) is 231 cm³/mol. The third kappa shape index (κ3) is 11.3. The third-order valence-corrected chi connectivity index (χ3v) is 11.2. The first-order chi connectivity index (χ1) is 29.8. The molecule has 7 rings (SSSR count). The maximum Gasteiger partial charge on any atom is 0.329 e. The Morgan fingerprint density at radius 2 is 1.44 bits per heavy atom. The van der Waals surface area contributed by atoms with Gasteiger partial charge in [0.2, 0.25) is 11.8 Å². The molecule has 0 radical (unpaired) electrons.